The molecule has 0 aliphatic rings. The van der Waals surface area contributed by atoms with E-state index in [4.69, 9.17) is 5.73 Å². The quantitative estimate of drug-likeness (QED) is 0.696. The molecule has 0 fully saturated rings. The Labute approximate surface area is 110 Å². The van der Waals surface area contributed by atoms with Crippen molar-refractivity contribution in [2.24, 2.45) is 0 Å². The Kier molecular flexibility index (Phi) is 2.63. The van der Waals surface area contributed by atoms with Gasteiger partial charge in [-0.1, -0.05) is 0 Å². The van der Waals surface area contributed by atoms with Gasteiger partial charge in [-0.2, -0.15) is 0 Å². The first-order valence-electron chi connectivity index (χ1n) is 5.56. The minimum Gasteiger partial charge on any atom is -0.369 e. The number of fused-ring (bicyclic) bond motifs is 1. The van der Waals surface area contributed by atoms with Gasteiger partial charge in [-0.25, -0.2) is 22.5 Å². The SMILES string of the molecule is Nc1nc2c(F)cc(F)cc2n1-c1ccc(F)c(F)c1. The number of nitrogens with zero attached hydrogens (tertiary/aromatic N) is 2. The van der Waals surface area contributed by atoms with Crippen molar-refractivity contribution in [3.05, 3.63) is 53.6 Å². The molecule has 2 aromatic carbocycles. The maximum atomic E-state index is 13.6. The molecule has 102 valence electrons. The number of anilines is 1. The zero-order valence-corrected chi connectivity index (χ0v) is 9.87. The van der Waals surface area contributed by atoms with Crippen molar-refractivity contribution in [3.8, 4) is 5.69 Å². The normalized spacial score (nSPS) is 11.2. The molecule has 1 aromatic heterocycles. The summed E-state index contributed by atoms with van der Waals surface area (Å²) < 4.78 is 54.2. The van der Waals surface area contributed by atoms with E-state index < -0.39 is 23.3 Å². The van der Waals surface area contributed by atoms with Crippen LogP contribution >= 0.6 is 0 Å². The lowest BCUT2D eigenvalue weighted by molar-refractivity contribution is 0.508. The van der Waals surface area contributed by atoms with Crippen LogP contribution < -0.4 is 5.73 Å². The van der Waals surface area contributed by atoms with Crippen LogP contribution in [0.3, 0.4) is 0 Å². The van der Waals surface area contributed by atoms with Crippen LogP contribution in [-0.4, -0.2) is 9.55 Å². The summed E-state index contributed by atoms with van der Waals surface area (Å²) in [5.41, 5.74) is 5.65. The molecule has 3 nitrogen and oxygen atoms in total. The molecule has 0 saturated carbocycles. The van der Waals surface area contributed by atoms with Gasteiger partial charge in [0.25, 0.3) is 0 Å². The minimum atomic E-state index is -1.10. The van der Waals surface area contributed by atoms with Crippen LogP contribution in [0, 0.1) is 23.3 Å². The van der Waals surface area contributed by atoms with Gasteiger partial charge in [0.1, 0.15) is 11.3 Å². The van der Waals surface area contributed by atoms with Crippen LogP contribution in [0.4, 0.5) is 23.5 Å². The Morgan fingerprint density at radius 3 is 2.35 bits per heavy atom. The number of imidazole rings is 1. The molecule has 1 heterocycles. The van der Waals surface area contributed by atoms with Crippen molar-refractivity contribution >= 4 is 17.0 Å². The van der Waals surface area contributed by atoms with Crippen LogP contribution in [0.25, 0.3) is 16.7 Å². The van der Waals surface area contributed by atoms with Crippen LogP contribution in [0.2, 0.25) is 0 Å². The van der Waals surface area contributed by atoms with Gasteiger partial charge in [0.2, 0.25) is 5.95 Å². The summed E-state index contributed by atoms with van der Waals surface area (Å²) in [5.74, 6) is -3.99. The summed E-state index contributed by atoms with van der Waals surface area (Å²) in [6.07, 6.45) is 0. The van der Waals surface area contributed by atoms with Gasteiger partial charge in [0.05, 0.1) is 11.2 Å². The third kappa shape index (κ3) is 1.78. The number of aromatic nitrogens is 2. The van der Waals surface area contributed by atoms with E-state index >= 15 is 0 Å². The Morgan fingerprint density at radius 2 is 1.65 bits per heavy atom. The monoisotopic (exact) mass is 281 g/mol. The average Bonchev–Trinajstić information content (AvgIpc) is 2.70. The van der Waals surface area contributed by atoms with E-state index in [2.05, 4.69) is 4.98 Å². The second-order valence-corrected chi connectivity index (χ2v) is 4.16. The molecule has 3 rings (SSSR count). The average molecular weight is 281 g/mol. The number of benzene rings is 2. The highest BCUT2D eigenvalue weighted by Crippen LogP contribution is 2.26. The highest BCUT2D eigenvalue weighted by molar-refractivity contribution is 5.81. The first kappa shape index (κ1) is 12.5. The van der Waals surface area contributed by atoms with E-state index in [1.165, 1.54) is 6.07 Å². The number of nitrogen functional groups attached to an aromatic ring is 1. The van der Waals surface area contributed by atoms with Crippen molar-refractivity contribution in [3.63, 3.8) is 0 Å². The summed E-state index contributed by atoms with van der Waals surface area (Å²) >= 11 is 0. The number of halogens is 4. The summed E-state index contributed by atoms with van der Waals surface area (Å²) in [6, 6.07) is 4.69. The predicted molar refractivity (Wildman–Crippen MR) is 65.3 cm³/mol. The molecule has 2 N–H and O–H groups in total. The molecule has 0 aliphatic heterocycles. The summed E-state index contributed by atoms with van der Waals surface area (Å²) in [4.78, 5) is 3.77. The molecule has 0 amide bonds. The summed E-state index contributed by atoms with van der Waals surface area (Å²) in [6.45, 7) is 0. The fraction of sp³-hybridized carbons (Fsp3) is 0. The molecular weight excluding hydrogens is 274 g/mol. The zero-order chi connectivity index (χ0) is 14.4. The van der Waals surface area contributed by atoms with Crippen LogP contribution in [0.5, 0.6) is 0 Å². The molecule has 0 aliphatic carbocycles. The van der Waals surface area contributed by atoms with Crippen molar-refractivity contribution < 1.29 is 17.6 Å². The first-order valence-corrected chi connectivity index (χ1v) is 5.56. The van der Waals surface area contributed by atoms with E-state index in [1.807, 2.05) is 0 Å². The maximum absolute atomic E-state index is 13.6. The van der Waals surface area contributed by atoms with Gasteiger partial charge < -0.3 is 5.73 Å². The predicted octanol–water partition coefficient (Wildman–Crippen LogP) is 3.16. The number of hydrogen-bond acceptors (Lipinski definition) is 2. The molecule has 0 atom stereocenters. The molecule has 0 saturated heterocycles. The van der Waals surface area contributed by atoms with Crippen molar-refractivity contribution in [2.45, 2.75) is 0 Å². The molecule has 0 unspecified atom stereocenters. The van der Waals surface area contributed by atoms with Crippen molar-refractivity contribution in [1.82, 2.24) is 9.55 Å². The van der Waals surface area contributed by atoms with Gasteiger partial charge in [-0.15, -0.1) is 0 Å². The van der Waals surface area contributed by atoms with Gasteiger partial charge in [-0.05, 0) is 12.1 Å². The van der Waals surface area contributed by atoms with E-state index in [-0.39, 0.29) is 22.7 Å². The fourth-order valence-electron chi connectivity index (χ4n) is 2.02. The molecule has 0 radical (unpaired) electrons. The van der Waals surface area contributed by atoms with Crippen LogP contribution in [0.15, 0.2) is 30.3 Å². The Hall–Kier alpha value is -2.57. The Balaban J connectivity index is 2.35. The highest BCUT2D eigenvalue weighted by Gasteiger charge is 2.16. The molecule has 0 bridgehead atoms. The largest absolute Gasteiger partial charge is 0.369 e. The second kappa shape index (κ2) is 4.22. The van der Waals surface area contributed by atoms with Crippen molar-refractivity contribution in [1.29, 1.82) is 0 Å². The lowest BCUT2D eigenvalue weighted by atomic mass is 10.2. The number of rotatable bonds is 1. The van der Waals surface area contributed by atoms with E-state index in [1.54, 1.807) is 0 Å². The Bertz CT molecular complexity index is 826. The highest BCUT2D eigenvalue weighted by atomic mass is 19.2. The first-order chi connectivity index (χ1) is 9.47. The molecule has 0 spiro atoms. The van der Waals surface area contributed by atoms with Gasteiger partial charge in [-0.3, -0.25) is 4.57 Å². The van der Waals surface area contributed by atoms with Crippen LogP contribution in [0.1, 0.15) is 0 Å². The third-order valence-electron chi connectivity index (χ3n) is 2.87. The lowest BCUT2D eigenvalue weighted by Crippen LogP contribution is -2.01. The molecule has 20 heavy (non-hydrogen) atoms. The van der Waals surface area contributed by atoms with Gasteiger partial charge in [0, 0.05) is 18.2 Å². The van der Waals surface area contributed by atoms with Crippen LogP contribution in [-0.2, 0) is 0 Å². The fourth-order valence-corrected chi connectivity index (χ4v) is 2.02. The van der Waals surface area contributed by atoms with E-state index in [0.717, 1.165) is 22.8 Å². The minimum absolute atomic E-state index is 0.0333. The second-order valence-electron chi connectivity index (χ2n) is 4.16. The van der Waals surface area contributed by atoms with E-state index in [9.17, 15) is 17.6 Å². The summed E-state index contributed by atoms with van der Waals surface area (Å²) in [5, 5.41) is 0. The number of nitrogens with two attached hydrogens (primary N) is 1. The topological polar surface area (TPSA) is 43.8 Å². The molecular formula is C13H7F4N3. The number of hydrogen-bond donors (Lipinski definition) is 1. The summed E-state index contributed by atoms with van der Waals surface area (Å²) in [7, 11) is 0. The molecule has 3 aromatic rings. The lowest BCUT2D eigenvalue weighted by Gasteiger charge is -2.07. The van der Waals surface area contributed by atoms with E-state index in [0.29, 0.717) is 6.07 Å². The standard InChI is InChI=1S/C13H7F4N3/c14-6-3-10(17)12-11(4-6)20(13(18)19-12)7-1-2-8(15)9(16)5-7/h1-5H,(H2,18,19). The molecule has 7 heteroatoms. The van der Waals surface area contributed by atoms with Gasteiger partial charge >= 0.3 is 0 Å². The third-order valence-corrected chi connectivity index (χ3v) is 2.87. The zero-order valence-electron chi connectivity index (χ0n) is 9.87. The smallest absolute Gasteiger partial charge is 0.206 e. The Morgan fingerprint density at radius 1 is 0.900 bits per heavy atom. The van der Waals surface area contributed by atoms with Gasteiger partial charge in [0.15, 0.2) is 17.5 Å². The van der Waals surface area contributed by atoms with Crippen molar-refractivity contribution in [2.75, 3.05) is 5.73 Å². The maximum Gasteiger partial charge on any atom is 0.206 e.